The van der Waals surface area contributed by atoms with Gasteiger partial charge in [0.25, 0.3) is 0 Å². The quantitative estimate of drug-likeness (QED) is 0.911. The molecule has 1 aliphatic carbocycles. The van der Waals surface area contributed by atoms with Crippen molar-refractivity contribution in [1.82, 2.24) is 4.90 Å². The zero-order valence-corrected chi connectivity index (χ0v) is 14.2. The topological polar surface area (TPSA) is 67.9 Å². The number of hydrogen-bond acceptors (Lipinski definition) is 5. The van der Waals surface area contributed by atoms with Crippen LogP contribution < -0.4 is 5.32 Å². The maximum atomic E-state index is 13.0. The number of anilines is 1. The van der Waals surface area contributed by atoms with E-state index in [0.29, 0.717) is 31.7 Å². The lowest BCUT2D eigenvalue weighted by atomic mass is 9.69. The lowest BCUT2D eigenvalue weighted by Crippen LogP contribution is -2.53. The second-order valence-electron chi connectivity index (χ2n) is 7.34. The number of likely N-dealkylation sites (N-methyl/N-ethyl adjacent to an activating group) is 1. The minimum atomic E-state index is -0.698. The molecule has 2 heterocycles. The van der Waals surface area contributed by atoms with Crippen LogP contribution >= 0.6 is 0 Å². The van der Waals surface area contributed by atoms with Gasteiger partial charge in [-0.15, -0.1) is 0 Å². The lowest BCUT2D eigenvalue weighted by Gasteiger charge is -2.40. The molecule has 0 spiro atoms. The molecule has 1 aromatic rings. The summed E-state index contributed by atoms with van der Waals surface area (Å²) in [6, 6.07) is 5.14. The summed E-state index contributed by atoms with van der Waals surface area (Å²) < 4.78 is 11.3. The first kappa shape index (κ1) is 15.7. The molecule has 0 saturated carbocycles. The third-order valence-electron chi connectivity index (χ3n) is 5.50. The van der Waals surface area contributed by atoms with E-state index in [1.807, 2.05) is 44.0 Å². The minimum Gasteiger partial charge on any atom is -0.347 e. The molecule has 0 radical (unpaired) electrons. The van der Waals surface area contributed by atoms with Gasteiger partial charge in [0.15, 0.2) is 11.6 Å². The van der Waals surface area contributed by atoms with Crippen LogP contribution in [0.15, 0.2) is 18.2 Å². The van der Waals surface area contributed by atoms with E-state index in [1.54, 1.807) is 0 Å². The number of nitrogens with zero attached hydrogens (tertiary/aromatic N) is 1. The highest BCUT2D eigenvalue weighted by molar-refractivity contribution is 6.14. The van der Waals surface area contributed by atoms with Crippen LogP contribution in [0.25, 0.3) is 0 Å². The molecule has 4 rings (SSSR count). The zero-order chi connectivity index (χ0) is 17.1. The smallest absolute Gasteiger partial charge is 0.234 e. The molecule has 2 aliphatic heterocycles. The van der Waals surface area contributed by atoms with Crippen molar-refractivity contribution < 1.29 is 19.1 Å². The first-order valence-electron chi connectivity index (χ1n) is 8.31. The van der Waals surface area contributed by atoms with Crippen molar-refractivity contribution in [2.45, 2.75) is 37.5 Å². The average molecular weight is 330 g/mol. The van der Waals surface area contributed by atoms with Crippen LogP contribution in [0, 0.1) is 0 Å². The van der Waals surface area contributed by atoms with Gasteiger partial charge >= 0.3 is 0 Å². The SMILES string of the molecule is CN(CC1(C)OCCO1)[C@@H]1C[C@]2(C)C(=O)Nc3cccc(c32)C1=O. The number of carbonyl (C=O) groups excluding carboxylic acids is 2. The second kappa shape index (κ2) is 5.12. The third-order valence-corrected chi connectivity index (χ3v) is 5.50. The van der Waals surface area contributed by atoms with Crippen molar-refractivity contribution in [2.75, 3.05) is 32.1 Å². The highest BCUT2D eigenvalue weighted by Gasteiger charge is 2.52. The van der Waals surface area contributed by atoms with Gasteiger partial charge in [-0.05, 0) is 33.4 Å². The van der Waals surface area contributed by atoms with Gasteiger partial charge in [-0.3, -0.25) is 14.5 Å². The summed E-state index contributed by atoms with van der Waals surface area (Å²) in [5.74, 6) is -0.670. The first-order valence-corrected chi connectivity index (χ1v) is 8.31. The molecule has 3 aliphatic rings. The fourth-order valence-electron chi connectivity index (χ4n) is 4.25. The molecule has 6 nitrogen and oxygen atoms in total. The highest BCUT2D eigenvalue weighted by Crippen LogP contribution is 2.47. The molecule has 1 N–H and O–H groups in total. The first-order chi connectivity index (χ1) is 11.3. The third kappa shape index (κ3) is 2.13. The van der Waals surface area contributed by atoms with E-state index in [-0.39, 0.29) is 17.7 Å². The summed E-state index contributed by atoms with van der Waals surface area (Å²) >= 11 is 0. The maximum Gasteiger partial charge on any atom is 0.234 e. The van der Waals surface area contributed by atoms with Crippen LogP contribution in [0.5, 0.6) is 0 Å². The number of hydrogen-bond donors (Lipinski definition) is 1. The highest BCUT2D eigenvalue weighted by atomic mass is 16.7. The van der Waals surface area contributed by atoms with Gasteiger partial charge in [0.2, 0.25) is 5.91 Å². The Balaban J connectivity index is 1.68. The van der Waals surface area contributed by atoms with Crippen molar-refractivity contribution in [1.29, 1.82) is 0 Å². The van der Waals surface area contributed by atoms with Gasteiger partial charge in [-0.25, -0.2) is 0 Å². The number of Topliss-reactive ketones (excluding diaryl/α,β-unsaturated/α-hetero) is 1. The number of nitrogens with one attached hydrogen (secondary N) is 1. The minimum absolute atomic E-state index is 0.0320. The monoisotopic (exact) mass is 330 g/mol. The molecule has 0 unspecified atom stereocenters. The largest absolute Gasteiger partial charge is 0.347 e. The number of ketones is 1. The molecular weight excluding hydrogens is 308 g/mol. The van der Waals surface area contributed by atoms with Crippen LogP contribution in [0.1, 0.15) is 36.2 Å². The van der Waals surface area contributed by atoms with E-state index in [1.165, 1.54) is 0 Å². The lowest BCUT2D eigenvalue weighted by molar-refractivity contribution is -0.156. The normalized spacial score (nSPS) is 30.6. The van der Waals surface area contributed by atoms with Crippen LogP contribution in [-0.4, -0.2) is 55.2 Å². The number of carbonyl (C=O) groups is 2. The Morgan fingerprint density at radius 3 is 2.67 bits per heavy atom. The van der Waals surface area contributed by atoms with Gasteiger partial charge in [-0.1, -0.05) is 12.1 Å². The number of ether oxygens (including phenoxy) is 2. The van der Waals surface area contributed by atoms with Crippen LogP contribution in [-0.2, 0) is 19.7 Å². The Morgan fingerprint density at radius 2 is 1.96 bits per heavy atom. The van der Waals surface area contributed by atoms with Crippen molar-refractivity contribution in [3.8, 4) is 0 Å². The number of amides is 1. The van der Waals surface area contributed by atoms with Gasteiger partial charge in [0.1, 0.15) is 0 Å². The zero-order valence-electron chi connectivity index (χ0n) is 14.2. The molecule has 0 bridgehead atoms. The summed E-state index contributed by atoms with van der Waals surface area (Å²) in [7, 11) is 1.89. The molecule has 2 atom stereocenters. The molecule has 1 aromatic carbocycles. The van der Waals surface area contributed by atoms with Crippen LogP contribution in [0.2, 0.25) is 0 Å². The van der Waals surface area contributed by atoms with E-state index >= 15 is 0 Å². The molecule has 1 saturated heterocycles. The molecular formula is C18H22N2O4. The van der Waals surface area contributed by atoms with Crippen molar-refractivity contribution >= 4 is 17.4 Å². The standard InChI is InChI=1S/C18H22N2O4/c1-17-9-13(20(3)10-18(2)23-7-8-24-18)15(21)11-5-4-6-12(14(11)17)19-16(17)22/h4-6,13H,7-10H2,1-3H3,(H,19,22)/t13-,17+/m1/s1. The Morgan fingerprint density at radius 1 is 1.25 bits per heavy atom. The summed E-state index contributed by atoms with van der Waals surface area (Å²) in [5.41, 5.74) is 1.60. The van der Waals surface area contributed by atoms with Gasteiger partial charge in [-0.2, -0.15) is 0 Å². The Labute approximate surface area is 141 Å². The van der Waals surface area contributed by atoms with Crippen molar-refractivity contribution in [3.05, 3.63) is 29.3 Å². The van der Waals surface area contributed by atoms with Crippen LogP contribution in [0.3, 0.4) is 0 Å². The van der Waals surface area contributed by atoms with E-state index in [9.17, 15) is 9.59 Å². The molecule has 128 valence electrons. The fraction of sp³-hybridized carbons (Fsp3) is 0.556. The second-order valence-corrected chi connectivity index (χ2v) is 7.34. The maximum absolute atomic E-state index is 13.0. The Hall–Kier alpha value is -1.76. The van der Waals surface area contributed by atoms with Crippen LogP contribution in [0.4, 0.5) is 5.69 Å². The van der Waals surface area contributed by atoms with Gasteiger partial charge < -0.3 is 14.8 Å². The van der Waals surface area contributed by atoms with E-state index < -0.39 is 11.2 Å². The summed E-state index contributed by atoms with van der Waals surface area (Å²) in [4.78, 5) is 27.6. The predicted molar refractivity (Wildman–Crippen MR) is 88.1 cm³/mol. The van der Waals surface area contributed by atoms with Crippen molar-refractivity contribution in [3.63, 3.8) is 0 Å². The average Bonchev–Trinajstić information content (AvgIpc) is 3.06. The molecule has 0 aromatic heterocycles. The predicted octanol–water partition coefficient (Wildman–Crippen LogP) is 1.55. The summed E-state index contributed by atoms with van der Waals surface area (Å²) in [6.07, 6.45) is 0.467. The molecule has 1 fully saturated rings. The van der Waals surface area contributed by atoms with Gasteiger partial charge in [0.05, 0.1) is 31.2 Å². The van der Waals surface area contributed by atoms with Crippen molar-refractivity contribution in [2.24, 2.45) is 0 Å². The summed E-state index contributed by atoms with van der Waals surface area (Å²) in [6.45, 7) is 5.43. The molecule has 1 amide bonds. The Bertz CT molecular complexity index is 726. The van der Waals surface area contributed by atoms with E-state index in [2.05, 4.69) is 5.32 Å². The molecule has 6 heteroatoms. The van der Waals surface area contributed by atoms with E-state index in [0.717, 1.165) is 11.3 Å². The van der Waals surface area contributed by atoms with E-state index in [4.69, 9.17) is 9.47 Å². The number of benzene rings is 1. The fourth-order valence-corrected chi connectivity index (χ4v) is 4.25. The Kier molecular flexibility index (Phi) is 3.36. The summed E-state index contributed by atoms with van der Waals surface area (Å²) in [5, 5.41) is 2.92. The van der Waals surface area contributed by atoms with Gasteiger partial charge in [0, 0.05) is 16.8 Å². The molecule has 24 heavy (non-hydrogen) atoms. The number of rotatable bonds is 3.